The molecule has 3 aliphatic rings. The minimum atomic E-state index is -0.688. The first kappa shape index (κ1) is 28.2. The number of likely N-dealkylation sites (tertiary alicyclic amines) is 1. The maximum absolute atomic E-state index is 14.4. The molecule has 0 radical (unpaired) electrons. The number of benzene rings is 1. The number of carbonyl (C=O) groups excluding carboxylic acids is 3. The van der Waals surface area contributed by atoms with Crippen LogP contribution in [0.2, 0.25) is 0 Å². The highest BCUT2D eigenvalue weighted by molar-refractivity contribution is 8.02. The molecule has 2 bridgehead atoms. The molecule has 2 amide bonds. The molecule has 1 aromatic rings. The SMILES string of the molecule is C=CCOC(=O)[C@@H]1[C@H]2C(=O)N(CCCCCCO)C(C(=O)N(CC=C)c3ccc(OC)cc3)C23CC[C@H]1S3. The fourth-order valence-electron chi connectivity index (χ4n) is 6.29. The number of aliphatic hydroxyl groups is 1. The Morgan fingerprint density at radius 3 is 2.58 bits per heavy atom. The van der Waals surface area contributed by atoms with E-state index in [1.807, 2.05) is 12.1 Å². The number of amides is 2. The van der Waals surface area contributed by atoms with Crippen LogP contribution in [-0.4, -0.2) is 77.2 Å². The van der Waals surface area contributed by atoms with Crippen molar-refractivity contribution in [2.75, 3.05) is 38.3 Å². The molecule has 3 fully saturated rings. The van der Waals surface area contributed by atoms with Crippen molar-refractivity contribution in [3.63, 3.8) is 0 Å². The van der Waals surface area contributed by atoms with Crippen LogP contribution >= 0.6 is 11.8 Å². The molecule has 206 valence electrons. The first-order valence-electron chi connectivity index (χ1n) is 13.4. The van der Waals surface area contributed by atoms with Gasteiger partial charge in [-0.1, -0.05) is 31.6 Å². The van der Waals surface area contributed by atoms with E-state index in [1.54, 1.807) is 46.9 Å². The number of rotatable bonds is 14. The Bertz CT molecular complexity index is 1050. The van der Waals surface area contributed by atoms with E-state index in [0.29, 0.717) is 37.4 Å². The van der Waals surface area contributed by atoms with Gasteiger partial charge < -0.3 is 24.4 Å². The topological polar surface area (TPSA) is 96.4 Å². The molecule has 1 spiro atoms. The van der Waals surface area contributed by atoms with Gasteiger partial charge in [0, 0.05) is 30.6 Å². The minimum Gasteiger partial charge on any atom is -0.497 e. The van der Waals surface area contributed by atoms with Gasteiger partial charge in [0.2, 0.25) is 5.91 Å². The number of methoxy groups -OCH3 is 1. The number of anilines is 1. The average molecular weight is 543 g/mol. The number of thioether (sulfide) groups is 1. The van der Waals surface area contributed by atoms with E-state index >= 15 is 0 Å². The Balaban J connectivity index is 1.68. The minimum absolute atomic E-state index is 0.0443. The van der Waals surface area contributed by atoms with Crippen molar-refractivity contribution in [3.8, 4) is 5.75 Å². The average Bonchev–Trinajstić information content (AvgIpc) is 3.57. The van der Waals surface area contributed by atoms with E-state index in [4.69, 9.17) is 14.6 Å². The number of ether oxygens (including phenoxy) is 2. The lowest BCUT2D eigenvalue weighted by Crippen LogP contribution is -2.55. The molecular formula is C29H38N2O6S. The van der Waals surface area contributed by atoms with E-state index in [0.717, 1.165) is 25.7 Å². The van der Waals surface area contributed by atoms with E-state index in [2.05, 4.69) is 13.2 Å². The molecule has 5 atom stereocenters. The highest BCUT2D eigenvalue weighted by Crippen LogP contribution is 2.66. The van der Waals surface area contributed by atoms with Crippen LogP contribution in [-0.2, 0) is 19.1 Å². The summed E-state index contributed by atoms with van der Waals surface area (Å²) >= 11 is 1.63. The van der Waals surface area contributed by atoms with Crippen molar-refractivity contribution in [3.05, 3.63) is 49.6 Å². The predicted octanol–water partition coefficient (Wildman–Crippen LogP) is 3.59. The maximum Gasteiger partial charge on any atom is 0.311 e. The molecule has 0 aromatic heterocycles. The normalized spacial score (nSPS) is 27.2. The van der Waals surface area contributed by atoms with Gasteiger partial charge in [0.15, 0.2) is 0 Å². The van der Waals surface area contributed by atoms with Gasteiger partial charge in [0.05, 0.1) is 23.7 Å². The van der Waals surface area contributed by atoms with Crippen LogP contribution in [0.15, 0.2) is 49.6 Å². The molecule has 4 rings (SSSR count). The third-order valence-corrected chi connectivity index (χ3v) is 9.87. The molecule has 1 N–H and O–H groups in total. The van der Waals surface area contributed by atoms with Gasteiger partial charge in [0.1, 0.15) is 18.4 Å². The van der Waals surface area contributed by atoms with Crippen molar-refractivity contribution in [1.82, 2.24) is 4.90 Å². The molecule has 0 saturated carbocycles. The molecular weight excluding hydrogens is 504 g/mol. The summed E-state index contributed by atoms with van der Waals surface area (Å²) in [5.41, 5.74) is 0.699. The second-order valence-electron chi connectivity index (χ2n) is 10.1. The van der Waals surface area contributed by atoms with Crippen molar-refractivity contribution in [1.29, 1.82) is 0 Å². The molecule has 0 aliphatic carbocycles. The lowest BCUT2D eigenvalue weighted by atomic mass is 9.71. The number of carbonyl (C=O) groups is 3. The third-order valence-electron chi connectivity index (χ3n) is 7.92. The van der Waals surface area contributed by atoms with Crippen molar-refractivity contribution in [2.45, 2.75) is 54.6 Å². The smallest absolute Gasteiger partial charge is 0.311 e. The highest BCUT2D eigenvalue weighted by atomic mass is 32.2. The van der Waals surface area contributed by atoms with Gasteiger partial charge in [-0.15, -0.1) is 18.3 Å². The zero-order chi connectivity index (χ0) is 27.3. The van der Waals surface area contributed by atoms with E-state index < -0.39 is 22.6 Å². The number of hydrogen-bond acceptors (Lipinski definition) is 7. The van der Waals surface area contributed by atoms with Crippen molar-refractivity contribution in [2.24, 2.45) is 11.8 Å². The van der Waals surface area contributed by atoms with E-state index in [-0.39, 0.29) is 36.2 Å². The molecule has 2 unspecified atom stereocenters. The predicted molar refractivity (Wildman–Crippen MR) is 148 cm³/mol. The molecule has 3 saturated heterocycles. The Labute approximate surface area is 229 Å². The summed E-state index contributed by atoms with van der Waals surface area (Å²) in [4.78, 5) is 45.0. The number of unbranched alkanes of at least 4 members (excludes halogenated alkanes) is 3. The summed E-state index contributed by atoms with van der Waals surface area (Å²) in [6.07, 6.45) is 7.81. The maximum atomic E-state index is 14.4. The Morgan fingerprint density at radius 2 is 1.92 bits per heavy atom. The summed E-state index contributed by atoms with van der Waals surface area (Å²) in [6.45, 7) is 8.45. The van der Waals surface area contributed by atoms with Crippen molar-refractivity contribution < 1.29 is 29.0 Å². The summed E-state index contributed by atoms with van der Waals surface area (Å²) in [6, 6.07) is 6.59. The zero-order valence-corrected chi connectivity index (χ0v) is 22.9. The van der Waals surface area contributed by atoms with E-state index in [9.17, 15) is 14.4 Å². The lowest BCUT2D eigenvalue weighted by molar-refractivity contribution is -0.153. The van der Waals surface area contributed by atoms with Crippen LogP contribution in [0, 0.1) is 11.8 Å². The molecule has 8 nitrogen and oxygen atoms in total. The second-order valence-corrected chi connectivity index (χ2v) is 11.7. The van der Waals surface area contributed by atoms with Crippen LogP contribution < -0.4 is 9.64 Å². The Hall–Kier alpha value is -2.78. The Morgan fingerprint density at radius 1 is 1.18 bits per heavy atom. The van der Waals surface area contributed by atoms with Gasteiger partial charge in [-0.05, 0) is 49.9 Å². The molecule has 9 heteroatoms. The highest BCUT2D eigenvalue weighted by Gasteiger charge is 2.74. The number of hydrogen-bond donors (Lipinski definition) is 1. The van der Waals surface area contributed by atoms with Gasteiger partial charge in [-0.25, -0.2) is 0 Å². The summed E-state index contributed by atoms with van der Waals surface area (Å²) < 4.78 is 10.0. The summed E-state index contributed by atoms with van der Waals surface area (Å²) in [7, 11) is 1.59. The molecule has 3 heterocycles. The largest absolute Gasteiger partial charge is 0.497 e. The van der Waals surface area contributed by atoms with Gasteiger partial charge in [-0.3, -0.25) is 14.4 Å². The molecule has 3 aliphatic heterocycles. The monoisotopic (exact) mass is 542 g/mol. The van der Waals surface area contributed by atoms with Crippen LogP contribution in [0.4, 0.5) is 5.69 Å². The third kappa shape index (κ3) is 5.10. The van der Waals surface area contributed by atoms with E-state index in [1.165, 1.54) is 6.08 Å². The first-order valence-corrected chi connectivity index (χ1v) is 14.2. The lowest BCUT2D eigenvalue weighted by Gasteiger charge is -2.37. The first-order chi connectivity index (χ1) is 18.4. The van der Waals surface area contributed by atoms with Crippen LogP contribution in [0.5, 0.6) is 5.75 Å². The van der Waals surface area contributed by atoms with Crippen molar-refractivity contribution >= 4 is 35.2 Å². The quantitative estimate of drug-likeness (QED) is 0.218. The fraction of sp³-hybridized carbons (Fsp3) is 0.552. The summed E-state index contributed by atoms with van der Waals surface area (Å²) in [5, 5.41) is 9.08. The number of fused-ring (bicyclic) bond motifs is 1. The van der Waals surface area contributed by atoms with Gasteiger partial charge >= 0.3 is 5.97 Å². The van der Waals surface area contributed by atoms with Gasteiger partial charge in [-0.2, -0.15) is 0 Å². The zero-order valence-electron chi connectivity index (χ0n) is 22.0. The summed E-state index contributed by atoms with van der Waals surface area (Å²) in [5.74, 6) is -1.13. The molecule has 1 aromatic carbocycles. The standard InChI is InChI=1S/C29H38N2O6S/c1-4-16-30(20-10-12-21(36-3)13-11-20)27(34)25-29-15-14-22(38-29)23(28(35)37-19-5-2)24(29)26(33)31(25)17-8-6-7-9-18-32/h4-5,10-13,22-25,32H,1-2,6-9,14-19H2,3H3/t22-,23+,24+,25?,29?/m1/s1. The van der Waals surface area contributed by atoms with Gasteiger partial charge in [0.25, 0.3) is 5.91 Å². The van der Waals surface area contributed by atoms with Crippen LogP contribution in [0.25, 0.3) is 0 Å². The van der Waals surface area contributed by atoms with Crippen LogP contribution in [0.1, 0.15) is 38.5 Å². The Kier molecular flexibility index (Phi) is 9.20. The molecule has 38 heavy (non-hydrogen) atoms. The number of esters is 1. The van der Waals surface area contributed by atoms with Crippen LogP contribution in [0.3, 0.4) is 0 Å². The second kappa shape index (κ2) is 12.4. The number of nitrogens with zero attached hydrogens (tertiary/aromatic N) is 2. The number of aliphatic hydroxyl groups excluding tert-OH is 1. The fourth-order valence-corrected chi connectivity index (χ4v) is 8.49.